The monoisotopic (exact) mass is 244 g/mol. The quantitative estimate of drug-likeness (QED) is 0.577. The fraction of sp³-hybridized carbons (Fsp3) is 0.400. The van der Waals surface area contributed by atoms with E-state index in [0.717, 1.165) is 23.3 Å². The van der Waals surface area contributed by atoms with E-state index in [4.69, 9.17) is 9.15 Å². The number of carbonyl (C=O) groups excluding carboxylic acids is 1. The molecule has 0 spiro atoms. The van der Waals surface area contributed by atoms with Crippen LogP contribution in [0.1, 0.15) is 29.8 Å². The molecule has 1 saturated carbocycles. The second-order valence-electron chi connectivity index (χ2n) is 4.86. The predicted octanol–water partition coefficient (Wildman–Crippen LogP) is 3.43. The summed E-state index contributed by atoms with van der Waals surface area (Å²) in [6.45, 7) is 0.795. The SMILES string of the molecule is O=C(COCCC1CC1)c1cc2ccccc2o1. The molecule has 0 atom stereocenters. The molecule has 2 aromatic rings. The van der Waals surface area contributed by atoms with Crippen LogP contribution < -0.4 is 0 Å². The normalized spacial score (nSPS) is 15.1. The highest BCUT2D eigenvalue weighted by Crippen LogP contribution is 2.32. The number of ether oxygens (including phenoxy) is 1. The van der Waals surface area contributed by atoms with Gasteiger partial charge in [-0.2, -0.15) is 0 Å². The van der Waals surface area contributed by atoms with E-state index < -0.39 is 0 Å². The average Bonchev–Trinajstić information content (AvgIpc) is 3.10. The van der Waals surface area contributed by atoms with E-state index in [-0.39, 0.29) is 12.4 Å². The molecule has 3 rings (SSSR count). The lowest BCUT2D eigenvalue weighted by Crippen LogP contribution is -2.09. The van der Waals surface area contributed by atoms with Crippen LogP contribution in [0.5, 0.6) is 0 Å². The average molecular weight is 244 g/mol. The third-order valence-electron chi connectivity index (χ3n) is 3.30. The van der Waals surface area contributed by atoms with Gasteiger partial charge in [0.25, 0.3) is 0 Å². The molecule has 1 aliphatic rings. The Morgan fingerprint density at radius 2 is 2.17 bits per heavy atom. The molecule has 1 fully saturated rings. The first-order valence-corrected chi connectivity index (χ1v) is 6.42. The largest absolute Gasteiger partial charge is 0.453 e. The number of rotatable bonds is 6. The van der Waals surface area contributed by atoms with Crippen LogP contribution in [0.15, 0.2) is 34.7 Å². The molecule has 0 radical (unpaired) electrons. The molecule has 0 bridgehead atoms. The number of furan rings is 1. The van der Waals surface area contributed by atoms with Crippen molar-refractivity contribution < 1.29 is 13.9 Å². The summed E-state index contributed by atoms with van der Waals surface area (Å²) in [5, 5.41) is 0.957. The molecule has 0 N–H and O–H groups in total. The van der Waals surface area contributed by atoms with E-state index in [2.05, 4.69) is 0 Å². The van der Waals surface area contributed by atoms with Crippen molar-refractivity contribution in [3.05, 3.63) is 36.1 Å². The van der Waals surface area contributed by atoms with E-state index in [1.165, 1.54) is 12.8 Å². The molecule has 1 aromatic carbocycles. The minimum atomic E-state index is -0.0815. The molecule has 0 aliphatic heterocycles. The van der Waals surface area contributed by atoms with Crippen molar-refractivity contribution in [3.8, 4) is 0 Å². The number of Topliss-reactive ketones (excluding diaryl/α,β-unsaturated/α-hetero) is 1. The maximum atomic E-state index is 11.9. The van der Waals surface area contributed by atoms with Crippen molar-refractivity contribution in [3.63, 3.8) is 0 Å². The lowest BCUT2D eigenvalue weighted by molar-refractivity contribution is 0.0724. The molecule has 0 amide bonds. The van der Waals surface area contributed by atoms with Crippen molar-refractivity contribution in [1.29, 1.82) is 0 Å². The lowest BCUT2D eigenvalue weighted by Gasteiger charge is -2.00. The van der Waals surface area contributed by atoms with Crippen LogP contribution in [-0.4, -0.2) is 19.0 Å². The Morgan fingerprint density at radius 3 is 2.94 bits per heavy atom. The third kappa shape index (κ3) is 2.62. The van der Waals surface area contributed by atoms with Crippen molar-refractivity contribution in [1.82, 2.24) is 0 Å². The summed E-state index contributed by atoms with van der Waals surface area (Å²) in [7, 11) is 0. The smallest absolute Gasteiger partial charge is 0.223 e. The Morgan fingerprint density at radius 1 is 1.33 bits per heavy atom. The second kappa shape index (κ2) is 4.94. The van der Waals surface area contributed by atoms with E-state index in [1.54, 1.807) is 6.07 Å². The molecular weight excluding hydrogens is 228 g/mol. The van der Waals surface area contributed by atoms with Crippen LogP contribution >= 0.6 is 0 Å². The van der Waals surface area contributed by atoms with E-state index in [0.29, 0.717) is 12.4 Å². The van der Waals surface area contributed by atoms with Crippen LogP contribution in [-0.2, 0) is 4.74 Å². The number of ketones is 1. The van der Waals surface area contributed by atoms with Gasteiger partial charge in [0.2, 0.25) is 5.78 Å². The van der Waals surface area contributed by atoms with Gasteiger partial charge in [-0.15, -0.1) is 0 Å². The molecule has 1 aromatic heterocycles. The topological polar surface area (TPSA) is 39.4 Å². The summed E-state index contributed by atoms with van der Waals surface area (Å²) in [5.74, 6) is 1.15. The van der Waals surface area contributed by atoms with Gasteiger partial charge in [-0.25, -0.2) is 0 Å². The van der Waals surface area contributed by atoms with Crippen molar-refractivity contribution in [2.24, 2.45) is 5.92 Å². The standard InChI is InChI=1S/C15H16O3/c16-13(10-17-8-7-11-5-6-11)15-9-12-3-1-2-4-14(12)18-15/h1-4,9,11H,5-8,10H2. The highest BCUT2D eigenvalue weighted by Gasteiger charge is 2.20. The maximum Gasteiger partial charge on any atom is 0.223 e. The van der Waals surface area contributed by atoms with Crippen molar-refractivity contribution >= 4 is 16.8 Å². The van der Waals surface area contributed by atoms with E-state index >= 15 is 0 Å². The number of carbonyl (C=O) groups is 1. The Balaban J connectivity index is 1.57. The summed E-state index contributed by atoms with van der Waals surface area (Å²) in [6.07, 6.45) is 3.72. The van der Waals surface area contributed by atoms with Gasteiger partial charge in [-0.05, 0) is 24.5 Å². The zero-order valence-electron chi connectivity index (χ0n) is 10.2. The number of para-hydroxylation sites is 1. The molecule has 94 valence electrons. The van der Waals surface area contributed by atoms with Gasteiger partial charge in [0.1, 0.15) is 12.2 Å². The van der Waals surface area contributed by atoms with Gasteiger partial charge in [-0.1, -0.05) is 31.0 Å². The van der Waals surface area contributed by atoms with Gasteiger partial charge < -0.3 is 9.15 Å². The van der Waals surface area contributed by atoms with Gasteiger partial charge in [0, 0.05) is 12.0 Å². The molecule has 3 nitrogen and oxygen atoms in total. The number of hydrogen-bond donors (Lipinski definition) is 0. The fourth-order valence-electron chi connectivity index (χ4n) is 2.01. The molecular formula is C15H16O3. The van der Waals surface area contributed by atoms with Crippen molar-refractivity contribution in [2.45, 2.75) is 19.3 Å². The Labute approximate surface area is 106 Å². The fourth-order valence-corrected chi connectivity index (χ4v) is 2.01. The zero-order chi connectivity index (χ0) is 12.4. The minimum absolute atomic E-state index is 0.0815. The Bertz CT molecular complexity index is 519. The summed E-state index contributed by atoms with van der Waals surface area (Å²) in [4.78, 5) is 11.9. The number of benzene rings is 1. The predicted molar refractivity (Wildman–Crippen MR) is 68.7 cm³/mol. The molecule has 3 heteroatoms. The lowest BCUT2D eigenvalue weighted by atomic mass is 10.2. The highest BCUT2D eigenvalue weighted by atomic mass is 16.5. The van der Waals surface area contributed by atoms with Gasteiger partial charge in [0.15, 0.2) is 5.76 Å². The second-order valence-corrected chi connectivity index (χ2v) is 4.86. The molecule has 1 heterocycles. The molecule has 0 saturated heterocycles. The Kier molecular flexibility index (Phi) is 3.15. The molecule has 18 heavy (non-hydrogen) atoms. The maximum absolute atomic E-state index is 11.9. The van der Waals surface area contributed by atoms with Crippen LogP contribution in [0.25, 0.3) is 11.0 Å². The first-order valence-electron chi connectivity index (χ1n) is 6.42. The minimum Gasteiger partial charge on any atom is -0.453 e. The zero-order valence-corrected chi connectivity index (χ0v) is 10.2. The summed E-state index contributed by atoms with van der Waals surface area (Å²) in [6, 6.07) is 9.40. The Hall–Kier alpha value is -1.61. The summed E-state index contributed by atoms with van der Waals surface area (Å²) >= 11 is 0. The van der Waals surface area contributed by atoms with Gasteiger partial charge in [0.05, 0.1) is 0 Å². The summed E-state index contributed by atoms with van der Waals surface area (Å²) < 4.78 is 10.9. The van der Waals surface area contributed by atoms with Gasteiger partial charge >= 0.3 is 0 Å². The number of hydrogen-bond acceptors (Lipinski definition) is 3. The van der Waals surface area contributed by atoms with Crippen LogP contribution in [0.3, 0.4) is 0 Å². The highest BCUT2D eigenvalue weighted by molar-refractivity contribution is 5.98. The number of fused-ring (bicyclic) bond motifs is 1. The first kappa shape index (κ1) is 11.5. The third-order valence-corrected chi connectivity index (χ3v) is 3.30. The van der Waals surface area contributed by atoms with Gasteiger partial charge in [-0.3, -0.25) is 4.79 Å². The van der Waals surface area contributed by atoms with E-state index in [1.807, 2.05) is 24.3 Å². The van der Waals surface area contributed by atoms with Crippen LogP contribution in [0.2, 0.25) is 0 Å². The summed E-state index contributed by atoms with van der Waals surface area (Å²) in [5.41, 5.74) is 0.749. The van der Waals surface area contributed by atoms with Crippen molar-refractivity contribution in [2.75, 3.05) is 13.2 Å². The molecule has 0 unspecified atom stereocenters. The molecule has 1 aliphatic carbocycles. The van der Waals surface area contributed by atoms with Crippen LogP contribution in [0.4, 0.5) is 0 Å². The first-order chi connectivity index (χ1) is 8.83. The van der Waals surface area contributed by atoms with E-state index in [9.17, 15) is 4.79 Å². The van der Waals surface area contributed by atoms with Crippen LogP contribution in [0, 0.1) is 5.92 Å².